The number of aromatic nitrogens is 1. The van der Waals surface area contributed by atoms with Crippen molar-refractivity contribution in [3.63, 3.8) is 0 Å². The SMILES string of the molecule is COC(=O)C(Cc1c[nH]c2ccccc12)NC(=O)C(N)CO. The third kappa shape index (κ3) is 3.44. The summed E-state index contributed by atoms with van der Waals surface area (Å²) in [4.78, 5) is 26.8. The minimum absolute atomic E-state index is 0.264. The molecule has 0 fully saturated rings. The number of H-pyrrole nitrogens is 1. The van der Waals surface area contributed by atoms with Crippen LogP contribution in [0, 0.1) is 0 Å². The van der Waals surface area contributed by atoms with E-state index in [0.29, 0.717) is 0 Å². The smallest absolute Gasteiger partial charge is 0.328 e. The zero-order chi connectivity index (χ0) is 16.1. The number of aliphatic hydroxyl groups excluding tert-OH is 1. The van der Waals surface area contributed by atoms with Gasteiger partial charge < -0.3 is 25.9 Å². The van der Waals surface area contributed by atoms with Crippen LogP contribution in [0.1, 0.15) is 5.56 Å². The average molecular weight is 305 g/mol. The second-order valence-corrected chi connectivity index (χ2v) is 4.94. The Morgan fingerprint density at radius 1 is 1.41 bits per heavy atom. The Kier molecular flexibility index (Phi) is 5.13. The molecule has 0 spiro atoms. The number of aliphatic hydroxyl groups is 1. The lowest BCUT2D eigenvalue weighted by Gasteiger charge is -2.18. The number of methoxy groups -OCH3 is 1. The number of nitrogens with two attached hydrogens (primary N) is 1. The zero-order valence-corrected chi connectivity index (χ0v) is 12.2. The van der Waals surface area contributed by atoms with Crippen molar-refractivity contribution in [3.8, 4) is 0 Å². The molecule has 7 nitrogen and oxygen atoms in total. The molecule has 118 valence electrons. The molecular weight excluding hydrogens is 286 g/mol. The minimum atomic E-state index is -1.07. The number of hydrogen-bond acceptors (Lipinski definition) is 5. The number of ether oxygens (including phenoxy) is 1. The summed E-state index contributed by atoms with van der Waals surface area (Å²) in [6.07, 6.45) is 2.05. The molecule has 0 aliphatic heterocycles. The van der Waals surface area contributed by atoms with E-state index >= 15 is 0 Å². The number of nitrogens with one attached hydrogen (secondary N) is 2. The fourth-order valence-electron chi connectivity index (χ4n) is 2.22. The Labute approximate surface area is 127 Å². The second kappa shape index (κ2) is 7.06. The van der Waals surface area contributed by atoms with Crippen LogP contribution in [-0.4, -0.2) is 47.8 Å². The topological polar surface area (TPSA) is 117 Å². The number of para-hydroxylation sites is 1. The van der Waals surface area contributed by atoms with Crippen LogP contribution < -0.4 is 11.1 Å². The van der Waals surface area contributed by atoms with Crippen LogP contribution >= 0.6 is 0 Å². The first-order valence-electron chi connectivity index (χ1n) is 6.86. The van der Waals surface area contributed by atoms with Gasteiger partial charge in [-0.3, -0.25) is 4.79 Å². The van der Waals surface area contributed by atoms with E-state index in [2.05, 4.69) is 10.3 Å². The molecule has 1 heterocycles. The molecule has 1 aromatic heterocycles. The summed E-state index contributed by atoms with van der Waals surface area (Å²) >= 11 is 0. The molecular formula is C15H19N3O4. The first-order chi connectivity index (χ1) is 10.6. The third-order valence-corrected chi connectivity index (χ3v) is 3.43. The summed E-state index contributed by atoms with van der Waals surface area (Å²) in [5.74, 6) is -1.17. The van der Waals surface area contributed by atoms with Gasteiger partial charge in [0.15, 0.2) is 0 Å². The number of amides is 1. The van der Waals surface area contributed by atoms with Crippen molar-refractivity contribution in [2.45, 2.75) is 18.5 Å². The number of carbonyl (C=O) groups excluding carboxylic acids is 2. The Balaban J connectivity index is 2.19. The van der Waals surface area contributed by atoms with Gasteiger partial charge in [0, 0.05) is 23.5 Å². The van der Waals surface area contributed by atoms with Crippen molar-refractivity contribution in [2.75, 3.05) is 13.7 Å². The average Bonchev–Trinajstić information content (AvgIpc) is 2.95. The number of rotatable bonds is 6. The highest BCUT2D eigenvalue weighted by Crippen LogP contribution is 2.19. The summed E-state index contributed by atoms with van der Waals surface area (Å²) < 4.78 is 4.72. The van der Waals surface area contributed by atoms with Crippen LogP contribution in [0.3, 0.4) is 0 Å². The largest absolute Gasteiger partial charge is 0.467 e. The quantitative estimate of drug-likeness (QED) is 0.546. The minimum Gasteiger partial charge on any atom is -0.467 e. The lowest BCUT2D eigenvalue weighted by molar-refractivity contribution is -0.145. The Hall–Kier alpha value is -2.38. The molecule has 2 aromatic rings. The highest BCUT2D eigenvalue weighted by Gasteiger charge is 2.25. The molecule has 0 aliphatic rings. The van der Waals surface area contributed by atoms with Gasteiger partial charge in [0.25, 0.3) is 0 Å². The van der Waals surface area contributed by atoms with Crippen LogP contribution in [0.15, 0.2) is 30.5 Å². The molecule has 22 heavy (non-hydrogen) atoms. The van der Waals surface area contributed by atoms with Crippen molar-refractivity contribution in [3.05, 3.63) is 36.0 Å². The van der Waals surface area contributed by atoms with Gasteiger partial charge in [-0.2, -0.15) is 0 Å². The van der Waals surface area contributed by atoms with Gasteiger partial charge in [-0.25, -0.2) is 4.79 Å². The maximum absolute atomic E-state index is 11.9. The van der Waals surface area contributed by atoms with Crippen LogP contribution in [-0.2, 0) is 20.7 Å². The summed E-state index contributed by atoms with van der Waals surface area (Å²) in [5, 5.41) is 12.4. The normalized spacial score (nSPS) is 13.6. The van der Waals surface area contributed by atoms with Crippen LogP contribution in [0.4, 0.5) is 0 Å². The second-order valence-electron chi connectivity index (χ2n) is 4.94. The van der Waals surface area contributed by atoms with Gasteiger partial charge in [0.1, 0.15) is 12.1 Å². The van der Waals surface area contributed by atoms with Gasteiger partial charge in [0.05, 0.1) is 13.7 Å². The van der Waals surface area contributed by atoms with E-state index in [0.717, 1.165) is 16.5 Å². The highest BCUT2D eigenvalue weighted by molar-refractivity contribution is 5.89. The highest BCUT2D eigenvalue weighted by atomic mass is 16.5. The Morgan fingerprint density at radius 3 is 2.82 bits per heavy atom. The monoisotopic (exact) mass is 305 g/mol. The Bertz CT molecular complexity index is 668. The number of carbonyl (C=O) groups is 2. The lowest BCUT2D eigenvalue weighted by atomic mass is 10.0. The molecule has 1 aromatic carbocycles. The fourth-order valence-corrected chi connectivity index (χ4v) is 2.22. The number of esters is 1. The van der Waals surface area contributed by atoms with Crippen molar-refractivity contribution in [2.24, 2.45) is 5.73 Å². The van der Waals surface area contributed by atoms with Gasteiger partial charge in [0.2, 0.25) is 5.91 Å². The summed E-state index contributed by atoms with van der Waals surface area (Å²) in [6, 6.07) is 5.71. The molecule has 0 aliphatic carbocycles. The molecule has 0 bridgehead atoms. The van der Waals surface area contributed by atoms with Crippen LogP contribution in [0.2, 0.25) is 0 Å². The lowest BCUT2D eigenvalue weighted by Crippen LogP contribution is -2.50. The Morgan fingerprint density at radius 2 is 2.14 bits per heavy atom. The van der Waals surface area contributed by atoms with Gasteiger partial charge in [-0.05, 0) is 11.6 Å². The van der Waals surface area contributed by atoms with Crippen molar-refractivity contribution >= 4 is 22.8 Å². The predicted octanol–water partition coefficient (Wildman–Crippen LogP) is -0.312. The molecule has 1 amide bonds. The molecule has 7 heteroatoms. The molecule has 0 saturated heterocycles. The summed E-state index contributed by atoms with van der Waals surface area (Å²) in [6.45, 7) is -0.493. The predicted molar refractivity (Wildman–Crippen MR) is 81.0 cm³/mol. The van der Waals surface area contributed by atoms with Crippen LogP contribution in [0.5, 0.6) is 0 Å². The van der Waals surface area contributed by atoms with E-state index < -0.39 is 30.6 Å². The fraction of sp³-hybridized carbons (Fsp3) is 0.333. The number of benzene rings is 1. The maximum atomic E-state index is 11.9. The van der Waals surface area contributed by atoms with E-state index in [9.17, 15) is 9.59 Å². The molecule has 2 unspecified atom stereocenters. The van der Waals surface area contributed by atoms with E-state index in [1.54, 1.807) is 6.20 Å². The van der Waals surface area contributed by atoms with E-state index in [1.165, 1.54) is 7.11 Å². The number of hydrogen-bond donors (Lipinski definition) is 4. The van der Waals surface area contributed by atoms with Gasteiger partial charge in [-0.15, -0.1) is 0 Å². The number of aromatic amines is 1. The molecule has 2 atom stereocenters. The van der Waals surface area contributed by atoms with Crippen molar-refractivity contribution in [1.29, 1.82) is 0 Å². The molecule has 2 rings (SSSR count). The molecule has 0 radical (unpaired) electrons. The van der Waals surface area contributed by atoms with Gasteiger partial charge in [-0.1, -0.05) is 18.2 Å². The van der Waals surface area contributed by atoms with Gasteiger partial charge >= 0.3 is 5.97 Å². The number of fused-ring (bicyclic) bond motifs is 1. The first-order valence-corrected chi connectivity index (χ1v) is 6.86. The van der Waals surface area contributed by atoms with Crippen LogP contribution in [0.25, 0.3) is 10.9 Å². The summed E-state index contributed by atoms with van der Waals surface area (Å²) in [7, 11) is 1.25. The van der Waals surface area contributed by atoms with E-state index in [4.69, 9.17) is 15.6 Å². The zero-order valence-electron chi connectivity index (χ0n) is 12.2. The van der Waals surface area contributed by atoms with Crippen molar-refractivity contribution in [1.82, 2.24) is 10.3 Å². The maximum Gasteiger partial charge on any atom is 0.328 e. The standard InChI is InChI=1S/C15H19N3O4/c1-22-15(21)13(18-14(20)11(16)8-19)6-9-7-17-12-5-3-2-4-10(9)12/h2-5,7,11,13,17,19H,6,8,16H2,1H3,(H,18,20). The first kappa shape index (κ1) is 16.0. The molecule has 5 N–H and O–H groups in total. The third-order valence-electron chi connectivity index (χ3n) is 3.43. The van der Waals surface area contributed by atoms with E-state index in [-0.39, 0.29) is 6.42 Å². The van der Waals surface area contributed by atoms with Crippen molar-refractivity contribution < 1.29 is 19.4 Å². The van der Waals surface area contributed by atoms with E-state index in [1.807, 2.05) is 24.3 Å². The summed E-state index contributed by atoms with van der Waals surface area (Å²) in [5.41, 5.74) is 7.27. The molecule has 0 saturated carbocycles.